The third kappa shape index (κ3) is 24.4. The number of rotatable bonds is 17. The second kappa shape index (κ2) is 23.2. The number of imidazole rings is 1. The highest BCUT2D eigenvalue weighted by molar-refractivity contribution is 5.87. The number of hydrogen-bond donors (Lipinski definition) is 6. The standard InChI is InChI=1S/C21H39N5O2.2C2HF3O2/c1-2-3-4-5-6-7-8-9-10-11-14-24-21(28)19(26-20(27)12-13-22)15-18-16-23-17-25-18;2*3-2(4,5)1(6)7/h16-17,19H,2-15,22H2,1H3,(H,23,25)(H,24,28)(H,26,27);2*(H,6,7)/t19-;;/m0../s1. The monoisotopic (exact) mass is 621 g/mol. The summed E-state index contributed by atoms with van der Waals surface area (Å²) in [6.45, 7) is 3.15. The number of nitrogens with two attached hydrogens (primary N) is 1. The summed E-state index contributed by atoms with van der Waals surface area (Å²) in [6.07, 6.45) is 6.28. The topological polar surface area (TPSA) is 187 Å². The largest absolute Gasteiger partial charge is 0.490 e. The third-order valence-corrected chi connectivity index (χ3v) is 5.32. The number of carboxylic acids is 2. The molecule has 42 heavy (non-hydrogen) atoms. The van der Waals surface area contributed by atoms with Crippen molar-refractivity contribution in [1.29, 1.82) is 0 Å². The van der Waals surface area contributed by atoms with E-state index in [0.717, 1.165) is 18.5 Å². The molecule has 17 heteroatoms. The Morgan fingerprint density at radius 2 is 1.33 bits per heavy atom. The van der Waals surface area contributed by atoms with Crippen molar-refractivity contribution in [2.24, 2.45) is 5.73 Å². The number of carboxylic acid groups (broad SMARTS) is 2. The number of carbonyl (C=O) groups is 4. The summed E-state index contributed by atoms with van der Waals surface area (Å²) in [4.78, 5) is 49.1. The Hall–Kier alpha value is -3.37. The van der Waals surface area contributed by atoms with Crippen molar-refractivity contribution in [2.45, 2.75) is 102 Å². The molecule has 244 valence electrons. The van der Waals surface area contributed by atoms with Crippen LogP contribution in [0.1, 0.15) is 83.2 Å². The summed E-state index contributed by atoms with van der Waals surface area (Å²) in [7, 11) is 0. The van der Waals surface area contributed by atoms with Crippen LogP contribution in [0.3, 0.4) is 0 Å². The quantitative estimate of drug-likeness (QED) is 0.111. The van der Waals surface area contributed by atoms with Crippen LogP contribution < -0.4 is 16.4 Å². The molecule has 0 aliphatic carbocycles. The highest BCUT2D eigenvalue weighted by Gasteiger charge is 2.38. The Morgan fingerprint density at radius 1 is 0.881 bits per heavy atom. The zero-order valence-electron chi connectivity index (χ0n) is 23.5. The van der Waals surface area contributed by atoms with Gasteiger partial charge in [0.1, 0.15) is 6.04 Å². The van der Waals surface area contributed by atoms with E-state index in [-0.39, 0.29) is 24.8 Å². The number of aliphatic carboxylic acids is 2. The lowest BCUT2D eigenvalue weighted by Crippen LogP contribution is -2.48. The van der Waals surface area contributed by atoms with E-state index in [4.69, 9.17) is 25.5 Å². The Bertz CT molecular complexity index is 858. The molecule has 0 bridgehead atoms. The summed E-state index contributed by atoms with van der Waals surface area (Å²) < 4.78 is 63.5. The minimum atomic E-state index is -5.08. The van der Waals surface area contributed by atoms with Crippen LogP contribution in [-0.4, -0.2) is 75.4 Å². The van der Waals surface area contributed by atoms with Gasteiger partial charge in [-0.1, -0.05) is 64.7 Å². The van der Waals surface area contributed by atoms with Crippen LogP contribution in [0.2, 0.25) is 0 Å². The van der Waals surface area contributed by atoms with Crippen LogP contribution in [0.4, 0.5) is 26.3 Å². The lowest BCUT2D eigenvalue weighted by Gasteiger charge is -2.18. The van der Waals surface area contributed by atoms with Crippen LogP contribution in [-0.2, 0) is 25.6 Å². The SMILES string of the molecule is CCCCCCCCCCCCNC(=O)[C@H](Cc1cnc[nH]1)NC(=O)CCN.O=C(O)C(F)(F)F.O=C(O)C(F)(F)F. The van der Waals surface area contributed by atoms with Gasteiger partial charge in [-0.25, -0.2) is 14.6 Å². The van der Waals surface area contributed by atoms with Crippen LogP contribution in [0.5, 0.6) is 0 Å². The van der Waals surface area contributed by atoms with Crippen LogP contribution in [0.15, 0.2) is 12.5 Å². The maximum absolute atomic E-state index is 12.5. The minimum absolute atomic E-state index is 0.157. The Kier molecular flexibility index (Phi) is 22.5. The number of alkyl halides is 6. The number of aromatic nitrogens is 2. The number of halogens is 6. The van der Waals surface area contributed by atoms with Crippen molar-refractivity contribution >= 4 is 23.8 Å². The van der Waals surface area contributed by atoms with Crippen molar-refractivity contribution < 1.29 is 55.7 Å². The molecule has 2 amide bonds. The molecule has 0 saturated heterocycles. The summed E-state index contributed by atoms with van der Waals surface area (Å²) in [5.41, 5.74) is 6.23. The average Bonchev–Trinajstić information content (AvgIpc) is 3.40. The number of nitrogens with zero attached hydrogens (tertiary/aromatic N) is 1. The van der Waals surface area contributed by atoms with Gasteiger partial charge < -0.3 is 31.6 Å². The second-order valence-electron chi connectivity index (χ2n) is 9.02. The molecule has 0 unspecified atom stereocenters. The minimum Gasteiger partial charge on any atom is -0.475 e. The van der Waals surface area contributed by atoms with E-state index in [1.165, 1.54) is 51.4 Å². The molecule has 0 fully saturated rings. The first kappa shape index (κ1) is 40.8. The molecular formula is C25H41F6N5O6. The summed E-state index contributed by atoms with van der Waals surface area (Å²) in [6, 6.07) is -0.609. The molecule has 0 aliphatic heterocycles. The second-order valence-corrected chi connectivity index (χ2v) is 9.02. The first-order valence-electron chi connectivity index (χ1n) is 13.4. The van der Waals surface area contributed by atoms with E-state index < -0.39 is 30.3 Å². The number of nitrogens with one attached hydrogen (secondary N) is 3. The van der Waals surface area contributed by atoms with Crippen molar-refractivity contribution in [3.63, 3.8) is 0 Å². The van der Waals surface area contributed by atoms with Gasteiger partial charge >= 0.3 is 24.3 Å². The molecular weight excluding hydrogens is 580 g/mol. The molecule has 1 rings (SSSR count). The normalized spacial score (nSPS) is 11.7. The Balaban J connectivity index is 0. The maximum Gasteiger partial charge on any atom is 0.490 e. The van der Waals surface area contributed by atoms with E-state index in [2.05, 4.69) is 27.5 Å². The first-order chi connectivity index (χ1) is 19.6. The average molecular weight is 622 g/mol. The molecule has 0 spiro atoms. The van der Waals surface area contributed by atoms with Gasteiger partial charge in [-0.2, -0.15) is 26.3 Å². The van der Waals surface area contributed by atoms with Gasteiger partial charge in [0.05, 0.1) is 6.33 Å². The summed E-state index contributed by atoms with van der Waals surface area (Å²) in [5, 5.41) is 20.0. The van der Waals surface area contributed by atoms with Crippen molar-refractivity contribution in [3.05, 3.63) is 18.2 Å². The number of unbranched alkanes of at least 4 members (excludes halogenated alkanes) is 9. The van der Waals surface area contributed by atoms with Crippen molar-refractivity contribution in [3.8, 4) is 0 Å². The molecule has 0 aromatic carbocycles. The first-order valence-corrected chi connectivity index (χ1v) is 13.4. The highest BCUT2D eigenvalue weighted by atomic mass is 19.4. The van der Waals surface area contributed by atoms with Gasteiger partial charge in [-0.15, -0.1) is 0 Å². The van der Waals surface area contributed by atoms with E-state index in [1.807, 2.05) is 0 Å². The molecule has 7 N–H and O–H groups in total. The smallest absolute Gasteiger partial charge is 0.475 e. The van der Waals surface area contributed by atoms with E-state index in [1.54, 1.807) is 12.5 Å². The van der Waals surface area contributed by atoms with Crippen molar-refractivity contribution in [2.75, 3.05) is 13.1 Å². The molecule has 11 nitrogen and oxygen atoms in total. The van der Waals surface area contributed by atoms with Gasteiger partial charge in [0, 0.05) is 37.8 Å². The van der Waals surface area contributed by atoms with Gasteiger partial charge in [0.25, 0.3) is 0 Å². The van der Waals surface area contributed by atoms with Gasteiger partial charge in [0.15, 0.2) is 0 Å². The zero-order valence-corrected chi connectivity index (χ0v) is 23.5. The van der Waals surface area contributed by atoms with Crippen LogP contribution in [0, 0.1) is 0 Å². The van der Waals surface area contributed by atoms with Gasteiger partial charge in [0.2, 0.25) is 11.8 Å². The number of H-pyrrole nitrogens is 1. The molecule has 1 heterocycles. The van der Waals surface area contributed by atoms with Gasteiger partial charge in [-0.05, 0) is 6.42 Å². The fourth-order valence-electron chi connectivity index (χ4n) is 3.17. The summed E-state index contributed by atoms with van der Waals surface area (Å²) in [5.74, 6) is -5.88. The number of carbonyl (C=O) groups excluding carboxylic acids is 2. The fraction of sp³-hybridized carbons (Fsp3) is 0.720. The van der Waals surface area contributed by atoms with E-state index in [9.17, 15) is 35.9 Å². The predicted octanol–water partition coefficient (Wildman–Crippen LogP) is 4.09. The fourth-order valence-corrected chi connectivity index (χ4v) is 3.17. The van der Waals surface area contributed by atoms with E-state index in [0.29, 0.717) is 13.0 Å². The predicted molar refractivity (Wildman–Crippen MR) is 140 cm³/mol. The van der Waals surface area contributed by atoms with Crippen LogP contribution >= 0.6 is 0 Å². The number of hydrogen-bond acceptors (Lipinski definition) is 6. The molecule has 0 aliphatic rings. The molecule has 0 radical (unpaired) electrons. The van der Waals surface area contributed by atoms with Gasteiger partial charge in [-0.3, -0.25) is 9.59 Å². The number of aromatic amines is 1. The maximum atomic E-state index is 12.5. The van der Waals surface area contributed by atoms with E-state index >= 15 is 0 Å². The van der Waals surface area contributed by atoms with Crippen LogP contribution in [0.25, 0.3) is 0 Å². The molecule has 1 atom stereocenters. The Labute approximate surface area is 240 Å². The zero-order chi connectivity index (χ0) is 32.6. The lowest BCUT2D eigenvalue weighted by molar-refractivity contribution is -0.193. The molecule has 1 aromatic heterocycles. The number of amides is 2. The summed E-state index contributed by atoms with van der Waals surface area (Å²) >= 11 is 0. The van der Waals surface area contributed by atoms with Crippen molar-refractivity contribution in [1.82, 2.24) is 20.6 Å². The molecule has 1 aromatic rings. The Morgan fingerprint density at radius 3 is 1.71 bits per heavy atom. The molecule has 0 saturated carbocycles. The third-order valence-electron chi connectivity index (χ3n) is 5.32. The lowest BCUT2D eigenvalue weighted by atomic mass is 10.1. The highest BCUT2D eigenvalue weighted by Crippen LogP contribution is 2.14.